The van der Waals surface area contributed by atoms with E-state index in [2.05, 4.69) is 57.1 Å². The first kappa shape index (κ1) is 74.5. The number of carbonyl (C=O) groups is 1. The van der Waals surface area contributed by atoms with E-state index in [0.29, 0.717) is 22.2 Å². The molecule has 0 saturated heterocycles. The number of nitrogen functional groups attached to an aromatic ring is 2. The number of ketones is 1. The van der Waals surface area contributed by atoms with Gasteiger partial charge in [-0.15, -0.1) is 0 Å². The van der Waals surface area contributed by atoms with Gasteiger partial charge in [-0.05, 0) is 232 Å². The first-order valence-corrected chi connectivity index (χ1v) is 27.7. The Bertz CT molecular complexity index is 3290. The molecule has 0 aliphatic heterocycles. The van der Waals surface area contributed by atoms with Gasteiger partial charge in [-0.25, -0.2) is 9.97 Å². The number of hydrogen-bond donors (Lipinski definition) is 3. The fourth-order valence-electron chi connectivity index (χ4n) is 6.24. The quantitative estimate of drug-likeness (QED) is 0.129. The molecule has 18 heteroatoms. The topological polar surface area (TPSA) is 257 Å². The zero-order valence-electron chi connectivity index (χ0n) is 53.8. The van der Waals surface area contributed by atoms with Crippen molar-refractivity contribution in [1.29, 1.82) is 5.26 Å². The number of nitriles is 1. The van der Waals surface area contributed by atoms with E-state index in [1.165, 1.54) is 22.4 Å². The Morgan fingerprint density at radius 1 is 0.570 bits per heavy atom. The lowest BCUT2D eigenvalue weighted by molar-refractivity contribution is 0.101. The van der Waals surface area contributed by atoms with E-state index < -0.39 is 0 Å². The predicted molar refractivity (Wildman–Crippen MR) is 346 cm³/mol. The molecule has 0 spiro atoms. The lowest BCUT2D eigenvalue weighted by atomic mass is 10.1. The van der Waals surface area contributed by atoms with Gasteiger partial charge in [0.05, 0.1) is 40.8 Å². The molecule has 0 radical (unpaired) electrons. The first-order chi connectivity index (χ1) is 40.6. The first-order valence-electron chi connectivity index (χ1n) is 27.4. The lowest BCUT2D eigenvalue weighted by Crippen LogP contribution is -1.94. The number of anilines is 2. The van der Waals surface area contributed by atoms with Crippen molar-refractivity contribution >= 4 is 29.0 Å². The van der Waals surface area contributed by atoms with Crippen molar-refractivity contribution in [2.24, 2.45) is 7.05 Å². The van der Waals surface area contributed by atoms with Gasteiger partial charge in [0, 0.05) is 83.8 Å². The van der Waals surface area contributed by atoms with Gasteiger partial charge in [0.15, 0.2) is 5.78 Å². The molecule has 0 unspecified atom stereocenters. The Morgan fingerprint density at radius 2 is 1.16 bits per heavy atom. The molecule has 11 aromatic heterocycles. The molecule has 0 saturated carbocycles. The molecule has 0 fully saturated rings. The summed E-state index contributed by atoms with van der Waals surface area (Å²) in [5.74, 6) is 6.29. The van der Waals surface area contributed by atoms with E-state index in [1.807, 2.05) is 204 Å². The van der Waals surface area contributed by atoms with Crippen LogP contribution in [-0.4, -0.2) is 45.4 Å². The van der Waals surface area contributed by atoms with Crippen LogP contribution in [0, 0.1) is 136 Å². The van der Waals surface area contributed by atoms with Crippen LogP contribution in [0.25, 0.3) is 0 Å². The minimum atomic E-state index is 0.143. The number of furan rings is 4. The molecule has 0 atom stereocenters. The summed E-state index contributed by atoms with van der Waals surface area (Å²) in [5.41, 5.74) is 26.2. The minimum absolute atomic E-state index is 0.143. The molecule has 0 aromatic carbocycles. The van der Waals surface area contributed by atoms with Gasteiger partial charge in [-0.2, -0.15) is 5.26 Å². The largest absolute Gasteiger partial charge is 0.470 e. The van der Waals surface area contributed by atoms with Crippen LogP contribution in [0.15, 0.2) is 163 Å². The fraction of sp³-hybridized carbons (Fsp3) is 0.294. The molecule has 0 aliphatic carbocycles. The Labute approximate surface area is 513 Å². The summed E-state index contributed by atoms with van der Waals surface area (Å²) in [4.78, 5) is 33.6. The molecule has 458 valence electrons. The summed E-state index contributed by atoms with van der Waals surface area (Å²) < 4.78 is 26.7. The van der Waals surface area contributed by atoms with E-state index in [4.69, 9.17) is 46.0 Å². The maximum atomic E-state index is 11.1. The zero-order valence-corrected chi connectivity index (χ0v) is 54.6. The zero-order chi connectivity index (χ0) is 64.9. The van der Waals surface area contributed by atoms with E-state index in [0.717, 1.165) is 85.2 Å². The summed E-state index contributed by atoms with van der Waals surface area (Å²) in [7, 11) is 2.04. The minimum Gasteiger partial charge on any atom is -0.470 e. The molecule has 5 N–H and O–H groups in total. The molecule has 11 heterocycles. The Balaban J connectivity index is 0.000000474. The van der Waals surface area contributed by atoms with Gasteiger partial charge in [0.2, 0.25) is 0 Å². The third-order valence-electron chi connectivity index (χ3n) is 12.3. The number of carbonyl (C=O) groups excluding carboxylic acids is 1. The maximum Gasteiger partial charge on any atom is 0.161 e. The highest BCUT2D eigenvalue weighted by atomic mass is 35.5. The van der Waals surface area contributed by atoms with Crippen LogP contribution in [0.3, 0.4) is 0 Å². The molecule has 0 aliphatic rings. The van der Waals surface area contributed by atoms with Crippen molar-refractivity contribution in [3.63, 3.8) is 0 Å². The van der Waals surface area contributed by atoms with Gasteiger partial charge < -0.3 is 43.2 Å². The predicted octanol–water partition coefficient (Wildman–Crippen LogP) is 17.0. The third kappa shape index (κ3) is 31.2. The second kappa shape index (κ2) is 40.7. The highest BCUT2D eigenvalue weighted by Gasteiger charge is 2.11. The number of H-pyrrole nitrogens is 1. The lowest BCUT2D eigenvalue weighted by Gasteiger charge is -1.93. The van der Waals surface area contributed by atoms with Crippen molar-refractivity contribution in [1.82, 2.24) is 39.6 Å². The van der Waals surface area contributed by atoms with Crippen LogP contribution in [0.4, 0.5) is 11.6 Å². The van der Waals surface area contributed by atoms with Crippen molar-refractivity contribution in [2.75, 3.05) is 11.5 Å². The number of halogens is 1. The summed E-state index contributed by atoms with van der Waals surface area (Å²) in [6.07, 6.45) is 16.8. The Kier molecular flexibility index (Phi) is 35.2. The second-order valence-corrected chi connectivity index (χ2v) is 20.0. The monoisotopic (exact) mass is 1190 g/mol. The van der Waals surface area contributed by atoms with Crippen LogP contribution < -0.4 is 11.5 Å². The Morgan fingerprint density at radius 3 is 1.38 bits per heavy atom. The van der Waals surface area contributed by atoms with Crippen LogP contribution in [-0.2, 0) is 7.05 Å². The van der Waals surface area contributed by atoms with Crippen LogP contribution in [0.5, 0.6) is 0 Å². The maximum absolute atomic E-state index is 11.1. The van der Waals surface area contributed by atoms with Gasteiger partial charge in [0.1, 0.15) is 52.8 Å². The number of nitrogens with two attached hydrogens (primary N) is 2. The number of nitrogens with zero attached hydrogens (tertiary/aromatic N) is 8. The number of nitrogens with one attached hydrogen (secondary N) is 1. The number of aryl methyl sites for hydroxylation is 18. The highest BCUT2D eigenvalue weighted by molar-refractivity contribution is 6.30. The molecule has 0 bridgehead atoms. The molecule has 17 nitrogen and oxygen atoms in total. The van der Waals surface area contributed by atoms with E-state index in [1.54, 1.807) is 69.0 Å². The van der Waals surface area contributed by atoms with Crippen LogP contribution >= 0.6 is 11.6 Å². The van der Waals surface area contributed by atoms with Gasteiger partial charge in [-0.1, -0.05) is 22.8 Å². The van der Waals surface area contributed by atoms with Crippen molar-refractivity contribution < 1.29 is 27.0 Å². The standard InChI is InChI=1S/C9H13NO.C7H6N2.C7H10O.C6H6ClN.C6H8N2.C6H9N.2C6H8O.C5H7N3.C5H7NO.C5H6O/c1-5-6(2)10-7(3)9(5)8(4)11;1-6-2-3-7(4-8)5-9-6;1-5-4-6(2)8-7(5)3;1-5-2-3-6(7)4-8-5;1-5-3-2-4-8-6(5)7;1-6-4-3-5-7(6)2;2*1-5-3-4-7-6(5)2;1-4-5(6)8-3-2-7-4;1-4-3-7-6-5(4)2;1-5-3-2-4-6-5/h10H,1-4H3;2-3,5H,1H3;4H,1-3H3;2-4H,1H3;2-4H,1H3,(H2,7,8);3-5H,1-2H3;2*3-4H,1-2H3;2-3H,1H3,(H2,6,8);3H,1-2H3;2-4H,1H3. The van der Waals surface area contributed by atoms with Crippen LogP contribution in [0.2, 0.25) is 5.02 Å². The SMILES string of the molecule is CC(=O)c1c(C)[nH]c(C)c1C.Cc1cc(C)c(C)o1.Cc1ccc(C#N)cn1.Cc1ccc(Cl)cn1.Cc1cccn1C.Cc1cccnc1N.Cc1ccco1.Cc1ccoc1C.Cc1ccoc1C.Cc1conc1C.Cc1nccnc1N. The third-order valence-corrected chi connectivity index (χ3v) is 12.5. The number of aromatic amines is 1. The van der Waals surface area contributed by atoms with Crippen molar-refractivity contribution in [2.45, 2.75) is 132 Å². The average molecular weight is 1190 g/mol. The van der Waals surface area contributed by atoms with Gasteiger partial charge in [-0.3, -0.25) is 19.7 Å². The normalized spacial score (nSPS) is 9.35. The molecule has 0 amide bonds. The Hall–Kier alpha value is -9.53. The van der Waals surface area contributed by atoms with Gasteiger partial charge in [0.25, 0.3) is 0 Å². The van der Waals surface area contributed by atoms with E-state index in [-0.39, 0.29) is 5.78 Å². The van der Waals surface area contributed by atoms with Gasteiger partial charge >= 0.3 is 0 Å². The number of pyridine rings is 3. The molecular formula is C68H88ClN11O6. The van der Waals surface area contributed by atoms with Crippen LogP contribution in [0.1, 0.15) is 125 Å². The number of aromatic nitrogens is 8. The van der Waals surface area contributed by atoms with Crippen molar-refractivity contribution in [3.05, 3.63) is 259 Å². The molecular weight excluding hydrogens is 1100 g/mol. The molecule has 11 aromatic rings. The average Bonchev–Trinajstić information content (AvgIpc) is 3.68. The fourth-order valence-corrected chi connectivity index (χ4v) is 6.35. The number of Topliss-reactive ketones (excluding diaryl/α,β-unsaturated/α-hetero) is 1. The molecule has 86 heavy (non-hydrogen) atoms. The van der Waals surface area contributed by atoms with E-state index in [9.17, 15) is 4.79 Å². The number of hydrogen-bond acceptors (Lipinski definition) is 15. The number of rotatable bonds is 1. The molecule has 11 rings (SSSR count). The second-order valence-electron chi connectivity index (χ2n) is 19.6. The van der Waals surface area contributed by atoms with Crippen molar-refractivity contribution in [3.8, 4) is 6.07 Å². The summed E-state index contributed by atoms with van der Waals surface area (Å²) in [6.45, 7) is 36.9. The summed E-state index contributed by atoms with van der Waals surface area (Å²) >= 11 is 5.55. The summed E-state index contributed by atoms with van der Waals surface area (Å²) in [6, 6.07) is 26.9. The van der Waals surface area contributed by atoms with E-state index >= 15 is 0 Å². The smallest absolute Gasteiger partial charge is 0.161 e. The summed E-state index contributed by atoms with van der Waals surface area (Å²) in [5, 5.41) is 12.7. The highest BCUT2D eigenvalue weighted by Crippen LogP contribution is 2.17.